The number of carboxylic acid groups (broad SMARTS) is 1. The summed E-state index contributed by atoms with van der Waals surface area (Å²) in [6.45, 7) is 7.69. The lowest BCUT2D eigenvalue weighted by Crippen LogP contribution is -2.20. The summed E-state index contributed by atoms with van der Waals surface area (Å²) in [5, 5.41) is 8.71. The van der Waals surface area contributed by atoms with E-state index < -0.39 is 5.97 Å². The molecule has 124 valence electrons. The number of hydrogen-bond donors (Lipinski definition) is 1. The number of hydrogen-bond acceptors (Lipinski definition) is 3. The fourth-order valence-electron chi connectivity index (χ4n) is 2.38. The molecule has 0 aliphatic carbocycles. The van der Waals surface area contributed by atoms with Gasteiger partial charge in [0.2, 0.25) is 0 Å². The Balaban J connectivity index is 2.03. The van der Waals surface area contributed by atoms with Gasteiger partial charge in [0.15, 0.2) is 0 Å². The van der Waals surface area contributed by atoms with E-state index in [0.717, 1.165) is 17.1 Å². The molecule has 1 aromatic carbocycles. The zero-order valence-electron chi connectivity index (χ0n) is 14.3. The summed E-state index contributed by atoms with van der Waals surface area (Å²) < 4.78 is 5.88. The Morgan fingerprint density at radius 3 is 2.35 bits per heavy atom. The van der Waals surface area contributed by atoms with Gasteiger partial charge in [0, 0.05) is 12.1 Å². The van der Waals surface area contributed by atoms with Gasteiger partial charge in [-0.1, -0.05) is 45.0 Å². The van der Waals surface area contributed by atoms with Crippen molar-refractivity contribution < 1.29 is 14.3 Å². The molecule has 0 fully saturated rings. The third-order valence-corrected chi connectivity index (χ3v) is 3.83. The highest BCUT2D eigenvalue weighted by Crippen LogP contribution is 2.27. The van der Waals surface area contributed by atoms with Crippen molar-refractivity contribution in [2.45, 2.75) is 39.2 Å². The maximum Gasteiger partial charge on any atom is 0.304 e. The van der Waals surface area contributed by atoms with Crippen LogP contribution >= 0.6 is 0 Å². The number of benzene rings is 1. The van der Waals surface area contributed by atoms with Crippen LogP contribution in [0.1, 0.15) is 38.5 Å². The molecule has 1 N–H and O–H groups in total. The summed E-state index contributed by atoms with van der Waals surface area (Å²) in [6, 6.07) is 12.3. The van der Waals surface area contributed by atoms with Crippen molar-refractivity contribution in [2.75, 3.05) is 13.6 Å². The van der Waals surface area contributed by atoms with E-state index in [1.54, 1.807) is 0 Å². The van der Waals surface area contributed by atoms with Gasteiger partial charge in [0.05, 0.1) is 13.0 Å². The van der Waals surface area contributed by atoms with E-state index >= 15 is 0 Å². The second kappa shape index (κ2) is 7.01. The van der Waals surface area contributed by atoms with E-state index in [1.807, 2.05) is 24.1 Å². The van der Waals surface area contributed by atoms with E-state index in [-0.39, 0.29) is 11.8 Å². The Bertz CT molecular complexity index is 650. The van der Waals surface area contributed by atoms with Gasteiger partial charge in [-0.3, -0.25) is 9.69 Å². The second-order valence-electron chi connectivity index (χ2n) is 6.97. The van der Waals surface area contributed by atoms with Crippen molar-refractivity contribution >= 4 is 5.97 Å². The van der Waals surface area contributed by atoms with Gasteiger partial charge in [-0.2, -0.15) is 0 Å². The van der Waals surface area contributed by atoms with Crippen molar-refractivity contribution in [3.05, 3.63) is 47.7 Å². The molecular weight excluding hydrogens is 290 g/mol. The summed E-state index contributed by atoms with van der Waals surface area (Å²) in [7, 11) is 1.89. The van der Waals surface area contributed by atoms with Crippen LogP contribution in [0.25, 0.3) is 11.3 Å². The quantitative estimate of drug-likeness (QED) is 0.870. The molecule has 0 aliphatic rings. The molecule has 23 heavy (non-hydrogen) atoms. The first-order chi connectivity index (χ1) is 10.8. The SMILES string of the molecule is CN(CCC(=O)O)Cc1ccc(-c2ccc(C(C)(C)C)cc2)o1. The lowest BCUT2D eigenvalue weighted by molar-refractivity contribution is -0.137. The summed E-state index contributed by atoms with van der Waals surface area (Å²) >= 11 is 0. The molecule has 0 unspecified atom stereocenters. The number of furan rings is 1. The first-order valence-corrected chi connectivity index (χ1v) is 7.85. The van der Waals surface area contributed by atoms with E-state index in [4.69, 9.17) is 9.52 Å². The highest BCUT2D eigenvalue weighted by molar-refractivity contribution is 5.66. The Morgan fingerprint density at radius 1 is 1.13 bits per heavy atom. The van der Waals surface area contributed by atoms with Gasteiger partial charge in [0.1, 0.15) is 11.5 Å². The predicted octanol–water partition coefficient (Wildman–Crippen LogP) is 4.15. The Labute approximate surface area is 137 Å². The van der Waals surface area contributed by atoms with Crippen molar-refractivity contribution in [3.8, 4) is 11.3 Å². The molecule has 4 heteroatoms. The van der Waals surface area contributed by atoms with Crippen molar-refractivity contribution in [1.82, 2.24) is 4.90 Å². The van der Waals surface area contributed by atoms with Crippen LogP contribution in [-0.4, -0.2) is 29.6 Å². The zero-order chi connectivity index (χ0) is 17.0. The Hall–Kier alpha value is -2.07. The van der Waals surface area contributed by atoms with Crippen LogP contribution < -0.4 is 0 Å². The molecule has 4 nitrogen and oxygen atoms in total. The van der Waals surface area contributed by atoms with Gasteiger partial charge in [-0.05, 0) is 30.2 Å². The minimum absolute atomic E-state index is 0.137. The standard InChI is InChI=1S/C19H25NO3/c1-19(2,3)15-7-5-14(6-8-15)17-10-9-16(23-17)13-20(4)12-11-18(21)22/h5-10H,11-13H2,1-4H3,(H,21,22). The van der Waals surface area contributed by atoms with Gasteiger partial charge in [-0.25, -0.2) is 0 Å². The summed E-state index contributed by atoms with van der Waals surface area (Å²) in [6.07, 6.45) is 0.137. The molecule has 1 aromatic heterocycles. The molecule has 1 heterocycles. The van der Waals surface area contributed by atoms with Crippen LogP contribution in [0.4, 0.5) is 0 Å². The normalized spacial score (nSPS) is 11.9. The van der Waals surface area contributed by atoms with Crippen LogP contribution in [0, 0.1) is 0 Å². The largest absolute Gasteiger partial charge is 0.481 e. The van der Waals surface area contributed by atoms with Crippen molar-refractivity contribution in [2.24, 2.45) is 0 Å². The molecule has 0 spiro atoms. The molecule has 0 amide bonds. The summed E-state index contributed by atoms with van der Waals surface area (Å²) in [5.41, 5.74) is 2.48. The van der Waals surface area contributed by atoms with Gasteiger partial charge in [-0.15, -0.1) is 0 Å². The van der Waals surface area contributed by atoms with Crippen LogP contribution in [0.15, 0.2) is 40.8 Å². The Morgan fingerprint density at radius 2 is 1.78 bits per heavy atom. The van der Waals surface area contributed by atoms with E-state index in [9.17, 15) is 4.79 Å². The van der Waals surface area contributed by atoms with Crippen molar-refractivity contribution in [1.29, 1.82) is 0 Å². The van der Waals surface area contributed by atoms with Crippen LogP contribution in [-0.2, 0) is 16.8 Å². The molecule has 0 aliphatic heterocycles. The number of carboxylic acids is 1. The molecule has 0 saturated carbocycles. The van der Waals surface area contributed by atoms with Gasteiger partial charge in [0.25, 0.3) is 0 Å². The fourth-order valence-corrected chi connectivity index (χ4v) is 2.38. The zero-order valence-corrected chi connectivity index (χ0v) is 14.3. The molecule has 2 rings (SSSR count). The average molecular weight is 315 g/mol. The van der Waals surface area contributed by atoms with Gasteiger partial charge < -0.3 is 9.52 Å². The minimum Gasteiger partial charge on any atom is -0.481 e. The number of carbonyl (C=O) groups is 1. The number of nitrogens with zero attached hydrogens (tertiary/aromatic N) is 1. The third kappa shape index (κ3) is 4.96. The van der Waals surface area contributed by atoms with Crippen LogP contribution in [0.5, 0.6) is 0 Å². The second-order valence-corrected chi connectivity index (χ2v) is 6.97. The fraction of sp³-hybridized carbons (Fsp3) is 0.421. The lowest BCUT2D eigenvalue weighted by atomic mass is 9.86. The topological polar surface area (TPSA) is 53.7 Å². The average Bonchev–Trinajstić information content (AvgIpc) is 2.93. The van der Waals surface area contributed by atoms with Crippen LogP contribution in [0.2, 0.25) is 0 Å². The molecular formula is C19H25NO3. The number of rotatable bonds is 6. The molecule has 0 saturated heterocycles. The monoisotopic (exact) mass is 315 g/mol. The Kier molecular flexibility index (Phi) is 5.26. The first kappa shape index (κ1) is 17.3. The molecule has 0 atom stereocenters. The smallest absolute Gasteiger partial charge is 0.304 e. The van der Waals surface area contributed by atoms with E-state index in [2.05, 4.69) is 45.0 Å². The molecule has 2 aromatic rings. The first-order valence-electron chi connectivity index (χ1n) is 7.85. The number of aliphatic carboxylic acids is 1. The lowest BCUT2D eigenvalue weighted by Gasteiger charge is -2.18. The highest BCUT2D eigenvalue weighted by atomic mass is 16.4. The van der Waals surface area contributed by atoms with E-state index in [1.165, 1.54) is 5.56 Å². The molecule has 0 radical (unpaired) electrons. The van der Waals surface area contributed by atoms with Gasteiger partial charge >= 0.3 is 5.97 Å². The minimum atomic E-state index is -0.782. The predicted molar refractivity (Wildman–Crippen MR) is 91.4 cm³/mol. The summed E-state index contributed by atoms with van der Waals surface area (Å²) in [4.78, 5) is 12.5. The van der Waals surface area contributed by atoms with Crippen molar-refractivity contribution in [3.63, 3.8) is 0 Å². The maximum atomic E-state index is 10.6. The van der Waals surface area contributed by atoms with E-state index in [0.29, 0.717) is 13.1 Å². The maximum absolute atomic E-state index is 10.6. The molecule has 0 bridgehead atoms. The summed E-state index contributed by atoms with van der Waals surface area (Å²) in [5.74, 6) is 0.899. The van der Waals surface area contributed by atoms with Crippen LogP contribution in [0.3, 0.4) is 0 Å². The third-order valence-electron chi connectivity index (χ3n) is 3.83. The highest BCUT2D eigenvalue weighted by Gasteiger charge is 2.14.